The fourth-order valence-electron chi connectivity index (χ4n) is 3.00. The van der Waals surface area contributed by atoms with Gasteiger partial charge in [0.05, 0.1) is 20.3 Å². The van der Waals surface area contributed by atoms with Crippen LogP contribution in [0.3, 0.4) is 0 Å². The van der Waals surface area contributed by atoms with Gasteiger partial charge in [-0.1, -0.05) is 30.3 Å². The molecule has 150 valence electrons. The van der Waals surface area contributed by atoms with Crippen molar-refractivity contribution < 1.29 is 23.4 Å². The van der Waals surface area contributed by atoms with Gasteiger partial charge >= 0.3 is 0 Å². The highest BCUT2D eigenvalue weighted by Crippen LogP contribution is 2.30. The molecule has 2 heterocycles. The molecule has 4 rings (SSSR count). The molecule has 6 nitrogen and oxygen atoms in total. The summed E-state index contributed by atoms with van der Waals surface area (Å²) in [5.74, 6) is 2.61. The summed E-state index contributed by atoms with van der Waals surface area (Å²) in [4.78, 5) is 4.57. The van der Waals surface area contributed by atoms with Crippen molar-refractivity contribution in [2.24, 2.45) is 0 Å². The van der Waals surface area contributed by atoms with Crippen molar-refractivity contribution in [2.45, 2.75) is 19.8 Å². The fourth-order valence-corrected chi connectivity index (χ4v) is 3.00. The minimum absolute atomic E-state index is 0.286. The highest BCUT2D eigenvalue weighted by molar-refractivity contribution is 5.56. The molecule has 0 N–H and O–H groups in total. The minimum Gasteiger partial charge on any atom is -0.493 e. The Labute approximate surface area is 169 Å². The van der Waals surface area contributed by atoms with E-state index in [-0.39, 0.29) is 12.9 Å². The van der Waals surface area contributed by atoms with Gasteiger partial charge in [-0.3, -0.25) is 0 Å². The van der Waals surface area contributed by atoms with Crippen molar-refractivity contribution in [3.63, 3.8) is 0 Å². The smallest absolute Gasteiger partial charge is 0.226 e. The minimum atomic E-state index is -0.286. The molecule has 0 amide bonds. The van der Waals surface area contributed by atoms with Gasteiger partial charge in [0.2, 0.25) is 5.89 Å². The van der Waals surface area contributed by atoms with Crippen LogP contribution >= 0.6 is 0 Å². The van der Waals surface area contributed by atoms with E-state index >= 15 is 0 Å². The van der Waals surface area contributed by atoms with Crippen molar-refractivity contribution in [3.8, 4) is 23.0 Å². The van der Waals surface area contributed by atoms with Crippen molar-refractivity contribution >= 4 is 6.08 Å². The van der Waals surface area contributed by atoms with E-state index in [1.54, 1.807) is 7.11 Å². The number of benzene rings is 2. The zero-order chi connectivity index (χ0) is 20.1. The average Bonchev–Trinajstić information content (AvgIpc) is 3.41. The summed E-state index contributed by atoms with van der Waals surface area (Å²) < 4.78 is 28.0. The van der Waals surface area contributed by atoms with E-state index < -0.39 is 0 Å². The predicted molar refractivity (Wildman–Crippen MR) is 109 cm³/mol. The first-order valence-corrected chi connectivity index (χ1v) is 9.47. The maximum absolute atomic E-state index is 5.96. The van der Waals surface area contributed by atoms with Crippen LogP contribution in [-0.2, 0) is 16.1 Å². The number of nitrogens with zero attached hydrogens (tertiary/aromatic N) is 1. The molecule has 1 aromatic heterocycles. The molecule has 3 aromatic rings. The van der Waals surface area contributed by atoms with Gasteiger partial charge in [-0.25, -0.2) is 4.98 Å². The highest BCUT2D eigenvalue weighted by atomic mass is 16.7. The van der Waals surface area contributed by atoms with Gasteiger partial charge in [0.1, 0.15) is 18.1 Å². The van der Waals surface area contributed by atoms with Crippen LogP contribution in [0.4, 0.5) is 0 Å². The molecule has 0 saturated carbocycles. The summed E-state index contributed by atoms with van der Waals surface area (Å²) in [6.45, 7) is 3.42. The zero-order valence-corrected chi connectivity index (χ0v) is 16.5. The number of aryl methyl sites for hydroxylation is 1. The second kappa shape index (κ2) is 8.94. The molecule has 2 aromatic carbocycles. The molecule has 29 heavy (non-hydrogen) atoms. The largest absolute Gasteiger partial charge is 0.493 e. The van der Waals surface area contributed by atoms with Crippen LogP contribution in [0.1, 0.15) is 17.0 Å². The predicted octanol–water partition coefficient (Wildman–Crippen LogP) is 4.62. The fraction of sp³-hybridized carbons (Fsp3) is 0.261. The Kier molecular flexibility index (Phi) is 5.93. The van der Waals surface area contributed by atoms with Gasteiger partial charge in [0.25, 0.3) is 0 Å². The van der Waals surface area contributed by atoms with Gasteiger partial charge in [0, 0.05) is 5.56 Å². The van der Waals surface area contributed by atoms with Crippen LogP contribution in [0, 0.1) is 6.92 Å². The molecule has 1 fully saturated rings. The number of hydrogen-bond acceptors (Lipinski definition) is 6. The third-order valence-electron chi connectivity index (χ3n) is 4.56. The Morgan fingerprint density at radius 3 is 2.62 bits per heavy atom. The quantitative estimate of drug-likeness (QED) is 0.583. The number of aromatic nitrogens is 1. The van der Waals surface area contributed by atoms with E-state index in [1.165, 1.54) is 0 Å². The molecule has 1 aliphatic rings. The summed E-state index contributed by atoms with van der Waals surface area (Å²) in [6.07, 6.45) is 3.54. The lowest BCUT2D eigenvalue weighted by molar-refractivity contribution is -0.000909. The molecule has 1 saturated heterocycles. The SMILES string of the molecule is COc1cc(C=CC2OCCO2)ccc1OCc1nc(-c2ccccc2)oc1C. The maximum Gasteiger partial charge on any atom is 0.226 e. The van der Waals surface area contributed by atoms with Crippen molar-refractivity contribution in [2.75, 3.05) is 20.3 Å². The number of methoxy groups -OCH3 is 1. The standard InChI is InChI=1S/C23H23NO5/c1-16-19(24-23(29-16)18-6-4-3-5-7-18)15-28-20-10-8-17(14-21(20)25-2)9-11-22-26-12-13-27-22/h3-11,14,22H,12-13,15H2,1-2H3. The van der Waals surface area contributed by atoms with Crippen LogP contribution in [-0.4, -0.2) is 31.6 Å². The third-order valence-corrected chi connectivity index (χ3v) is 4.56. The van der Waals surface area contributed by atoms with E-state index in [1.807, 2.05) is 67.6 Å². The Bertz CT molecular complexity index is 974. The van der Waals surface area contributed by atoms with Crippen molar-refractivity contribution in [1.82, 2.24) is 4.98 Å². The van der Waals surface area contributed by atoms with E-state index in [2.05, 4.69) is 4.98 Å². The second-order valence-corrected chi connectivity index (χ2v) is 6.56. The lowest BCUT2D eigenvalue weighted by Crippen LogP contribution is -2.02. The van der Waals surface area contributed by atoms with E-state index in [0.717, 1.165) is 22.6 Å². The van der Waals surface area contributed by atoms with E-state index in [4.69, 9.17) is 23.4 Å². The van der Waals surface area contributed by atoms with Gasteiger partial charge in [-0.15, -0.1) is 0 Å². The molecule has 0 aliphatic carbocycles. The Morgan fingerprint density at radius 1 is 1.07 bits per heavy atom. The monoisotopic (exact) mass is 393 g/mol. The van der Waals surface area contributed by atoms with E-state index in [9.17, 15) is 0 Å². The summed E-state index contributed by atoms with van der Waals surface area (Å²) in [5.41, 5.74) is 2.66. The number of rotatable bonds is 7. The molecular formula is C23H23NO5. The summed E-state index contributed by atoms with van der Waals surface area (Å²) in [7, 11) is 1.62. The molecule has 6 heteroatoms. The van der Waals surface area contributed by atoms with Gasteiger partial charge in [0.15, 0.2) is 17.8 Å². The highest BCUT2D eigenvalue weighted by Gasteiger charge is 2.14. The summed E-state index contributed by atoms with van der Waals surface area (Å²) in [6, 6.07) is 15.5. The summed E-state index contributed by atoms with van der Waals surface area (Å²) >= 11 is 0. The summed E-state index contributed by atoms with van der Waals surface area (Å²) in [5, 5.41) is 0. The zero-order valence-electron chi connectivity index (χ0n) is 16.5. The van der Waals surface area contributed by atoms with Crippen molar-refractivity contribution in [3.05, 3.63) is 71.6 Å². The molecule has 0 spiro atoms. The molecule has 0 unspecified atom stereocenters. The number of hydrogen-bond donors (Lipinski definition) is 0. The first-order valence-electron chi connectivity index (χ1n) is 9.47. The van der Waals surface area contributed by atoms with Crippen LogP contribution in [0.15, 0.2) is 59.0 Å². The Morgan fingerprint density at radius 2 is 1.86 bits per heavy atom. The third kappa shape index (κ3) is 4.67. The maximum atomic E-state index is 5.96. The van der Waals surface area contributed by atoms with Crippen molar-refractivity contribution in [1.29, 1.82) is 0 Å². The van der Waals surface area contributed by atoms with Gasteiger partial charge in [-0.05, 0) is 42.8 Å². The Hall–Kier alpha value is -3.09. The van der Waals surface area contributed by atoms with Crippen LogP contribution in [0.2, 0.25) is 0 Å². The van der Waals surface area contributed by atoms with E-state index in [0.29, 0.717) is 30.6 Å². The van der Waals surface area contributed by atoms with Crippen LogP contribution < -0.4 is 9.47 Å². The topological polar surface area (TPSA) is 63.0 Å². The van der Waals surface area contributed by atoms with Crippen LogP contribution in [0.5, 0.6) is 11.5 Å². The normalized spacial score (nSPS) is 14.6. The number of ether oxygens (including phenoxy) is 4. The Balaban J connectivity index is 1.45. The van der Waals surface area contributed by atoms with Gasteiger partial charge < -0.3 is 23.4 Å². The first-order chi connectivity index (χ1) is 14.2. The van der Waals surface area contributed by atoms with Gasteiger partial charge in [-0.2, -0.15) is 0 Å². The lowest BCUT2D eigenvalue weighted by atomic mass is 10.2. The second-order valence-electron chi connectivity index (χ2n) is 6.56. The molecule has 1 aliphatic heterocycles. The first kappa shape index (κ1) is 19.2. The van der Waals surface area contributed by atoms with Crippen LogP contribution in [0.25, 0.3) is 17.5 Å². The number of oxazole rings is 1. The lowest BCUT2D eigenvalue weighted by Gasteiger charge is -2.11. The molecular weight excluding hydrogens is 370 g/mol. The molecule has 0 radical (unpaired) electrons. The average molecular weight is 393 g/mol. The molecule has 0 atom stereocenters. The molecule has 0 bridgehead atoms.